The zero-order chi connectivity index (χ0) is 10.4. The first kappa shape index (κ1) is 14.7. The van der Waals surface area contributed by atoms with Gasteiger partial charge in [-0.05, 0) is 45.2 Å². The summed E-state index contributed by atoms with van der Waals surface area (Å²) in [6.45, 7) is 6.50. The Morgan fingerprint density at radius 2 is 2.33 bits per heavy atom. The molecule has 0 spiro atoms. The molecule has 0 aliphatic carbocycles. The SMILES string of the molecule is CCOC(=O)C(C)CC1CCCNC1.Cl. The first-order valence-corrected chi connectivity index (χ1v) is 5.61. The van der Waals surface area contributed by atoms with E-state index in [9.17, 15) is 4.79 Å². The fourth-order valence-electron chi connectivity index (χ4n) is 2.01. The van der Waals surface area contributed by atoms with E-state index < -0.39 is 0 Å². The van der Waals surface area contributed by atoms with Crippen LogP contribution in [0, 0.1) is 11.8 Å². The number of ether oxygens (including phenoxy) is 1. The van der Waals surface area contributed by atoms with Gasteiger partial charge in [0.05, 0.1) is 12.5 Å². The molecule has 1 rings (SSSR count). The summed E-state index contributed by atoms with van der Waals surface area (Å²) in [6, 6.07) is 0. The van der Waals surface area contributed by atoms with Crippen molar-refractivity contribution in [1.82, 2.24) is 5.32 Å². The summed E-state index contributed by atoms with van der Waals surface area (Å²) < 4.78 is 4.99. The number of carbonyl (C=O) groups is 1. The van der Waals surface area contributed by atoms with Crippen molar-refractivity contribution in [2.45, 2.75) is 33.1 Å². The van der Waals surface area contributed by atoms with E-state index in [4.69, 9.17) is 4.74 Å². The summed E-state index contributed by atoms with van der Waals surface area (Å²) >= 11 is 0. The summed E-state index contributed by atoms with van der Waals surface area (Å²) in [6.07, 6.45) is 3.45. The third-order valence-corrected chi connectivity index (χ3v) is 2.77. The number of halogens is 1. The van der Waals surface area contributed by atoms with Crippen LogP contribution < -0.4 is 5.32 Å². The molecule has 15 heavy (non-hydrogen) atoms. The molecule has 0 aromatic heterocycles. The molecule has 0 aromatic rings. The van der Waals surface area contributed by atoms with Crippen LogP contribution in [-0.2, 0) is 9.53 Å². The van der Waals surface area contributed by atoms with Crippen molar-refractivity contribution in [2.75, 3.05) is 19.7 Å². The first-order chi connectivity index (χ1) is 6.74. The molecule has 0 amide bonds. The Morgan fingerprint density at radius 1 is 1.60 bits per heavy atom. The molecule has 3 nitrogen and oxygen atoms in total. The highest BCUT2D eigenvalue weighted by atomic mass is 35.5. The van der Waals surface area contributed by atoms with E-state index in [2.05, 4.69) is 5.32 Å². The number of rotatable bonds is 4. The van der Waals surface area contributed by atoms with Gasteiger partial charge < -0.3 is 10.1 Å². The van der Waals surface area contributed by atoms with Crippen LogP contribution in [0.2, 0.25) is 0 Å². The van der Waals surface area contributed by atoms with Gasteiger partial charge in [0.15, 0.2) is 0 Å². The third-order valence-electron chi connectivity index (χ3n) is 2.77. The minimum absolute atomic E-state index is 0. The standard InChI is InChI=1S/C11H21NO2.ClH/c1-3-14-11(13)9(2)7-10-5-4-6-12-8-10;/h9-10,12H,3-8H2,1-2H3;1H. The third kappa shape index (κ3) is 5.38. The minimum atomic E-state index is -0.0435. The average molecular weight is 236 g/mol. The first-order valence-electron chi connectivity index (χ1n) is 5.61. The van der Waals surface area contributed by atoms with Crippen molar-refractivity contribution >= 4 is 18.4 Å². The maximum absolute atomic E-state index is 11.4. The zero-order valence-electron chi connectivity index (χ0n) is 9.62. The molecule has 1 fully saturated rings. The van der Waals surface area contributed by atoms with Crippen molar-refractivity contribution in [1.29, 1.82) is 0 Å². The van der Waals surface area contributed by atoms with Crippen molar-refractivity contribution < 1.29 is 9.53 Å². The molecule has 0 aromatic carbocycles. The van der Waals surface area contributed by atoms with Crippen molar-refractivity contribution in [3.8, 4) is 0 Å². The van der Waals surface area contributed by atoms with Crippen LogP contribution in [0.1, 0.15) is 33.1 Å². The molecule has 2 atom stereocenters. The normalized spacial score (nSPS) is 22.7. The molecular weight excluding hydrogens is 214 g/mol. The molecule has 4 heteroatoms. The lowest BCUT2D eigenvalue weighted by atomic mass is 9.90. The van der Waals surface area contributed by atoms with Gasteiger partial charge in [0.25, 0.3) is 0 Å². The Morgan fingerprint density at radius 3 is 2.87 bits per heavy atom. The van der Waals surface area contributed by atoms with E-state index in [-0.39, 0.29) is 24.3 Å². The topological polar surface area (TPSA) is 38.3 Å². The van der Waals surface area contributed by atoms with E-state index in [0.717, 1.165) is 19.5 Å². The highest BCUT2D eigenvalue weighted by Gasteiger charge is 2.21. The van der Waals surface area contributed by atoms with Crippen LogP contribution in [0.15, 0.2) is 0 Å². The van der Waals surface area contributed by atoms with E-state index in [1.54, 1.807) is 0 Å². The number of hydrogen-bond donors (Lipinski definition) is 1. The summed E-state index contributed by atoms with van der Waals surface area (Å²) in [7, 11) is 0. The van der Waals surface area contributed by atoms with E-state index >= 15 is 0 Å². The number of piperidine rings is 1. The van der Waals surface area contributed by atoms with Gasteiger partial charge in [0.2, 0.25) is 0 Å². The molecule has 1 saturated heterocycles. The molecule has 1 aliphatic heterocycles. The van der Waals surface area contributed by atoms with Crippen LogP contribution in [0.4, 0.5) is 0 Å². The lowest BCUT2D eigenvalue weighted by Crippen LogP contribution is -2.32. The fraction of sp³-hybridized carbons (Fsp3) is 0.909. The fourth-order valence-corrected chi connectivity index (χ4v) is 2.01. The van der Waals surface area contributed by atoms with Crippen molar-refractivity contribution in [2.24, 2.45) is 11.8 Å². The zero-order valence-corrected chi connectivity index (χ0v) is 10.4. The smallest absolute Gasteiger partial charge is 0.308 e. The minimum Gasteiger partial charge on any atom is -0.466 e. The second kappa shape index (κ2) is 7.94. The maximum Gasteiger partial charge on any atom is 0.308 e. The van der Waals surface area contributed by atoms with Crippen LogP contribution in [-0.4, -0.2) is 25.7 Å². The van der Waals surface area contributed by atoms with Crippen LogP contribution >= 0.6 is 12.4 Å². The van der Waals surface area contributed by atoms with Gasteiger partial charge in [0.1, 0.15) is 0 Å². The van der Waals surface area contributed by atoms with Crippen LogP contribution in [0.5, 0.6) is 0 Å². The molecule has 0 radical (unpaired) electrons. The Bertz CT molecular complexity index is 181. The van der Waals surface area contributed by atoms with Crippen LogP contribution in [0.3, 0.4) is 0 Å². The van der Waals surface area contributed by atoms with E-state index in [0.29, 0.717) is 12.5 Å². The van der Waals surface area contributed by atoms with Gasteiger partial charge in [-0.15, -0.1) is 12.4 Å². The Balaban J connectivity index is 0.00000196. The predicted molar refractivity (Wildman–Crippen MR) is 63.3 cm³/mol. The van der Waals surface area contributed by atoms with E-state index in [1.807, 2.05) is 13.8 Å². The second-order valence-electron chi connectivity index (χ2n) is 4.10. The molecule has 2 unspecified atom stereocenters. The number of hydrogen-bond acceptors (Lipinski definition) is 3. The van der Waals surface area contributed by atoms with Gasteiger partial charge in [-0.1, -0.05) is 6.92 Å². The summed E-state index contributed by atoms with van der Waals surface area (Å²) in [5.74, 6) is 0.668. The summed E-state index contributed by atoms with van der Waals surface area (Å²) in [4.78, 5) is 11.4. The monoisotopic (exact) mass is 235 g/mol. The second-order valence-corrected chi connectivity index (χ2v) is 4.10. The molecular formula is C11H22ClNO2. The van der Waals surface area contributed by atoms with Crippen molar-refractivity contribution in [3.05, 3.63) is 0 Å². The number of carbonyl (C=O) groups excluding carboxylic acids is 1. The molecule has 1 heterocycles. The quantitative estimate of drug-likeness (QED) is 0.758. The van der Waals surface area contributed by atoms with Gasteiger partial charge >= 0.3 is 5.97 Å². The molecule has 0 saturated carbocycles. The Labute approximate surface area is 98.4 Å². The lowest BCUT2D eigenvalue weighted by Gasteiger charge is -2.24. The largest absolute Gasteiger partial charge is 0.466 e. The van der Waals surface area contributed by atoms with Crippen molar-refractivity contribution in [3.63, 3.8) is 0 Å². The lowest BCUT2D eigenvalue weighted by molar-refractivity contribution is -0.148. The Hall–Kier alpha value is -0.280. The van der Waals surface area contributed by atoms with Gasteiger partial charge in [-0.25, -0.2) is 0 Å². The number of esters is 1. The highest BCUT2D eigenvalue weighted by molar-refractivity contribution is 5.85. The molecule has 90 valence electrons. The van der Waals surface area contributed by atoms with Gasteiger partial charge in [-0.3, -0.25) is 4.79 Å². The highest BCUT2D eigenvalue weighted by Crippen LogP contribution is 2.19. The summed E-state index contributed by atoms with van der Waals surface area (Å²) in [5, 5.41) is 3.36. The van der Waals surface area contributed by atoms with E-state index in [1.165, 1.54) is 12.8 Å². The molecule has 1 N–H and O–H groups in total. The van der Waals surface area contributed by atoms with Crippen LogP contribution in [0.25, 0.3) is 0 Å². The average Bonchev–Trinajstić information content (AvgIpc) is 2.19. The van der Waals surface area contributed by atoms with Gasteiger partial charge in [0, 0.05) is 0 Å². The number of nitrogens with one attached hydrogen (secondary N) is 1. The predicted octanol–water partition coefficient (Wildman–Crippen LogP) is 2.00. The molecule has 1 aliphatic rings. The molecule has 0 bridgehead atoms. The van der Waals surface area contributed by atoms with Gasteiger partial charge in [-0.2, -0.15) is 0 Å². The Kier molecular flexibility index (Phi) is 7.79. The maximum atomic E-state index is 11.4. The summed E-state index contributed by atoms with van der Waals surface area (Å²) in [5.41, 5.74) is 0.